The summed E-state index contributed by atoms with van der Waals surface area (Å²) in [6.07, 6.45) is 5.35. The minimum Gasteiger partial charge on any atom is -0.355 e. The van der Waals surface area contributed by atoms with E-state index in [1.54, 1.807) is 0 Å². The molecule has 2 fully saturated rings. The zero-order valence-electron chi connectivity index (χ0n) is 13.7. The second-order valence-electron chi connectivity index (χ2n) is 7.33. The molecule has 0 aromatic rings. The van der Waals surface area contributed by atoms with Gasteiger partial charge in [-0.2, -0.15) is 5.26 Å². The van der Waals surface area contributed by atoms with Crippen LogP contribution in [0.15, 0.2) is 0 Å². The van der Waals surface area contributed by atoms with Gasteiger partial charge in [0.25, 0.3) is 0 Å². The minimum atomic E-state index is 0.0832. The summed E-state index contributed by atoms with van der Waals surface area (Å²) in [5, 5.41) is 12.4. The van der Waals surface area contributed by atoms with E-state index in [0.717, 1.165) is 38.8 Å². The fourth-order valence-corrected chi connectivity index (χ4v) is 3.81. The van der Waals surface area contributed by atoms with Crippen LogP contribution in [0, 0.1) is 28.6 Å². The molecule has 2 rings (SSSR count). The fourth-order valence-electron chi connectivity index (χ4n) is 3.81. The molecule has 118 valence electrons. The fraction of sp³-hybridized carbons (Fsp3) is 0.882. The van der Waals surface area contributed by atoms with Crippen molar-refractivity contribution >= 4 is 5.91 Å². The Labute approximate surface area is 128 Å². The Balaban J connectivity index is 2.13. The highest BCUT2D eigenvalue weighted by Crippen LogP contribution is 2.43. The van der Waals surface area contributed by atoms with Gasteiger partial charge in [-0.05, 0) is 37.0 Å². The minimum absolute atomic E-state index is 0.0832. The Morgan fingerprint density at radius 2 is 2.19 bits per heavy atom. The van der Waals surface area contributed by atoms with E-state index in [-0.39, 0.29) is 17.9 Å². The highest BCUT2D eigenvalue weighted by molar-refractivity contribution is 5.78. The molecule has 1 saturated carbocycles. The van der Waals surface area contributed by atoms with Crippen molar-refractivity contribution < 1.29 is 4.79 Å². The molecule has 1 aliphatic heterocycles. The molecular weight excluding hydrogens is 262 g/mol. The van der Waals surface area contributed by atoms with Gasteiger partial charge in [-0.15, -0.1) is 0 Å². The van der Waals surface area contributed by atoms with Gasteiger partial charge in [0, 0.05) is 19.1 Å². The molecule has 0 spiro atoms. The molecule has 1 heterocycles. The van der Waals surface area contributed by atoms with Gasteiger partial charge in [0.15, 0.2) is 0 Å². The van der Waals surface area contributed by atoms with Gasteiger partial charge in [0.1, 0.15) is 0 Å². The topological polar surface area (TPSA) is 56.1 Å². The zero-order valence-corrected chi connectivity index (χ0v) is 13.7. The molecule has 4 heteroatoms. The predicted molar refractivity (Wildman–Crippen MR) is 83.5 cm³/mol. The summed E-state index contributed by atoms with van der Waals surface area (Å²) in [6, 6.07) is 2.76. The van der Waals surface area contributed by atoms with Crippen LogP contribution in [0.4, 0.5) is 0 Å². The van der Waals surface area contributed by atoms with Crippen LogP contribution in [0.2, 0.25) is 0 Å². The third-order valence-electron chi connectivity index (χ3n) is 5.76. The number of carbonyl (C=O) groups is 1. The molecule has 4 nitrogen and oxygen atoms in total. The number of nitrogens with one attached hydrogen (secondary N) is 1. The number of hydrogen-bond acceptors (Lipinski definition) is 3. The molecule has 1 N–H and O–H groups in total. The lowest BCUT2D eigenvalue weighted by atomic mass is 9.66. The largest absolute Gasteiger partial charge is 0.355 e. The van der Waals surface area contributed by atoms with Crippen molar-refractivity contribution in [2.24, 2.45) is 17.3 Å². The number of nitrogens with zero attached hydrogens (tertiary/aromatic N) is 2. The van der Waals surface area contributed by atoms with E-state index in [1.165, 1.54) is 6.42 Å². The summed E-state index contributed by atoms with van der Waals surface area (Å²) in [4.78, 5) is 14.1. The first-order valence-electron chi connectivity index (χ1n) is 8.38. The Morgan fingerprint density at radius 1 is 1.43 bits per heavy atom. The summed E-state index contributed by atoms with van der Waals surface area (Å²) in [7, 11) is 0. The van der Waals surface area contributed by atoms with E-state index >= 15 is 0 Å². The maximum Gasteiger partial charge on any atom is 0.234 e. The first-order valence-corrected chi connectivity index (χ1v) is 8.38. The number of amides is 1. The molecule has 2 aliphatic rings. The number of rotatable bonds is 3. The lowest BCUT2D eigenvalue weighted by Gasteiger charge is -2.44. The van der Waals surface area contributed by atoms with Gasteiger partial charge in [-0.1, -0.05) is 27.2 Å². The molecule has 1 aliphatic carbocycles. The third kappa shape index (κ3) is 3.77. The molecular formula is C17H29N3O. The second kappa shape index (κ2) is 6.79. The number of nitriles is 1. The van der Waals surface area contributed by atoms with Gasteiger partial charge in [0.2, 0.25) is 5.91 Å². The summed E-state index contributed by atoms with van der Waals surface area (Å²) in [6.45, 7) is 9.10. The Bertz CT molecular complexity index is 413. The first kappa shape index (κ1) is 16.3. The van der Waals surface area contributed by atoms with Gasteiger partial charge in [-0.25, -0.2) is 0 Å². The van der Waals surface area contributed by atoms with Crippen molar-refractivity contribution in [1.82, 2.24) is 10.2 Å². The standard InChI is InChI=1S/C17H29N3O/c1-4-17(2,3)14-7-6-13(11-18)15(10-14)20-9-5-8-19-16(21)12-20/h13-15H,4-10,12H2,1-3H3,(H,19,21). The van der Waals surface area contributed by atoms with Gasteiger partial charge >= 0.3 is 0 Å². The van der Waals surface area contributed by atoms with Crippen LogP contribution in [0.3, 0.4) is 0 Å². The molecule has 1 amide bonds. The van der Waals surface area contributed by atoms with E-state index in [4.69, 9.17) is 0 Å². The Hall–Kier alpha value is -1.08. The monoisotopic (exact) mass is 291 g/mol. The van der Waals surface area contributed by atoms with Crippen LogP contribution in [0.5, 0.6) is 0 Å². The summed E-state index contributed by atoms with van der Waals surface area (Å²) in [5.74, 6) is 0.851. The SMILES string of the molecule is CCC(C)(C)C1CCC(C#N)C(N2CCCNC(=O)C2)C1. The lowest BCUT2D eigenvalue weighted by Crippen LogP contribution is -2.48. The summed E-state index contributed by atoms with van der Waals surface area (Å²) in [5.41, 5.74) is 0.326. The quantitative estimate of drug-likeness (QED) is 0.869. The Morgan fingerprint density at radius 3 is 2.86 bits per heavy atom. The maximum absolute atomic E-state index is 11.8. The normalized spacial score (nSPS) is 32.1. The molecule has 1 saturated heterocycles. The molecule has 3 atom stereocenters. The van der Waals surface area contributed by atoms with E-state index < -0.39 is 0 Å². The van der Waals surface area contributed by atoms with Crippen LogP contribution in [-0.4, -0.2) is 36.5 Å². The van der Waals surface area contributed by atoms with E-state index in [2.05, 4.69) is 37.1 Å². The average molecular weight is 291 g/mol. The van der Waals surface area contributed by atoms with Crippen molar-refractivity contribution in [1.29, 1.82) is 5.26 Å². The van der Waals surface area contributed by atoms with Crippen molar-refractivity contribution in [3.63, 3.8) is 0 Å². The van der Waals surface area contributed by atoms with Crippen LogP contribution in [0.25, 0.3) is 0 Å². The molecule has 0 aromatic carbocycles. The second-order valence-corrected chi connectivity index (χ2v) is 7.33. The van der Waals surface area contributed by atoms with E-state index in [1.807, 2.05) is 0 Å². The van der Waals surface area contributed by atoms with Crippen molar-refractivity contribution in [2.45, 2.75) is 58.9 Å². The van der Waals surface area contributed by atoms with Gasteiger partial charge < -0.3 is 5.32 Å². The van der Waals surface area contributed by atoms with Crippen LogP contribution in [0.1, 0.15) is 52.9 Å². The summed E-state index contributed by atoms with van der Waals surface area (Å²) >= 11 is 0. The third-order valence-corrected chi connectivity index (χ3v) is 5.76. The van der Waals surface area contributed by atoms with E-state index in [9.17, 15) is 10.1 Å². The molecule has 3 unspecified atom stereocenters. The highest BCUT2D eigenvalue weighted by Gasteiger charge is 2.40. The molecule has 0 bridgehead atoms. The van der Waals surface area contributed by atoms with Crippen LogP contribution < -0.4 is 5.32 Å². The van der Waals surface area contributed by atoms with Gasteiger partial charge in [-0.3, -0.25) is 9.69 Å². The molecule has 0 aromatic heterocycles. The van der Waals surface area contributed by atoms with E-state index in [0.29, 0.717) is 17.9 Å². The van der Waals surface area contributed by atoms with Crippen molar-refractivity contribution in [3.8, 4) is 6.07 Å². The Kier molecular flexibility index (Phi) is 5.27. The van der Waals surface area contributed by atoms with Crippen LogP contribution >= 0.6 is 0 Å². The first-order chi connectivity index (χ1) is 9.97. The lowest BCUT2D eigenvalue weighted by molar-refractivity contribution is -0.122. The molecule has 0 radical (unpaired) electrons. The van der Waals surface area contributed by atoms with Gasteiger partial charge in [0.05, 0.1) is 18.5 Å². The van der Waals surface area contributed by atoms with Crippen LogP contribution in [-0.2, 0) is 4.79 Å². The number of carbonyl (C=O) groups excluding carboxylic acids is 1. The highest BCUT2D eigenvalue weighted by atomic mass is 16.2. The zero-order chi connectivity index (χ0) is 15.5. The summed E-state index contributed by atoms with van der Waals surface area (Å²) < 4.78 is 0. The predicted octanol–water partition coefficient (Wildman–Crippen LogP) is 2.55. The average Bonchev–Trinajstić information content (AvgIpc) is 2.71. The van der Waals surface area contributed by atoms with Crippen molar-refractivity contribution in [3.05, 3.63) is 0 Å². The maximum atomic E-state index is 11.8. The van der Waals surface area contributed by atoms with Crippen molar-refractivity contribution in [2.75, 3.05) is 19.6 Å². The smallest absolute Gasteiger partial charge is 0.234 e. The number of hydrogen-bond donors (Lipinski definition) is 1. The molecule has 21 heavy (non-hydrogen) atoms.